The van der Waals surface area contributed by atoms with Crippen LogP contribution in [0.15, 0.2) is 35.9 Å². The van der Waals surface area contributed by atoms with Gasteiger partial charge in [0.2, 0.25) is 0 Å². The van der Waals surface area contributed by atoms with E-state index in [1.54, 1.807) is 0 Å². The van der Waals surface area contributed by atoms with Gasteiger partial charge in [0.05, 0.1) is 31.1 Å². The molecular weight excluding hydrogens is 360 g/mol. The first kappa shape index (κ1) is 18.1. The summed E-state index contributed by atoms with van der Waals surface area (Å²) in [6.07, 6.45) is 3.49. The number of hydrogen-bond donors (Lipinski definition) is 2. The summed E-state index contributed by atoms with van der Waals surface area (Å²) in [6, 6.07) is 8.50. The maximum atomic E-state index is 13.8. The molecule has 1 aliphatic carbocycles. The maximum absolute atomic E-state index is 13.8. The zero-order valence-electron chi connectivity index (χ0n) is 15.6. The fourth-order valence-electron chi connectivity index (χ4n) is 7.20. The average Bonchev–Trinajstić information content (AvgIpc) is 3.08. The highest BCUT2D eigenvalue weighted by Gasteiger charge is 2.71. The van der Waals surface area contributed by atoms with Gasteiger partial charge in [-0.25, -0.2) is 0 Å². The van der Waals surface area contributed by atoms with Crippen LogP contribution in [0, 0.1) is 17.0 Å². The molecule has 0 aromatic heterocycles. The zero-order valence-corrected chi connectivity index (χ0v) is 15.6. The molecule has 4 aliphatic heterocycles. The number of anilines is 1. The number of nitrogens with zero attached hydrogens (tertiary/aromatic N) is 1. The summed E-state index contributed by atoms with van der Waals surface area (Å²) in [5.41, 5.74) is 3.38. The fraction of sp³-hybridized carbons (Fsp3) is 0.571. The Hall–Kier alpha value is -1.93. The minimum atomic E-state index is -0.814. The summed E-state index contributed by atoms with van der Waals surface area (Å²) in [7, 11) is 0. The molecule has 0 radical (unpaired) electrons. The van der Waals surface area contributed by atoms with Crippen LogP contribution in [0.1, 0.15) is 24.8 Å². The SMILES string of the molecule is O.O=C(O)CC1OCC=C2C[N+]3([O-])CCC45c6ccccc6NC4C1C2CC53. The van der Waals surface area contributed by atoms with E-state index in [2.05, 4.69) is 29.6 Å². The number of hydroxylamine groups is 3. The van der Waals surface area contributed by atoms with Crippen LogP contribution in [0.3, 0.4) is 0 Å². The number of piperidine rings is 1. The Kier molecular flexibility index (Phi) is 3.75. The summed E-state index contributed by atoms with van der Waals surface area (Å²) in [4.78, 5) is 11.6. The van der Waals surface area contributed by atoms with Gasteiger partial charge in [0.25, 0.3) is 0 Å². The van der Waals surface area contributed by atoms with Gasteiger partial charge in [-0.3, -0.25) is 4.79 Å². The van der Waals surface area contributed by atoms with E-state index in [0.717, 1.165) is 18.5 Å². The lowest BCUT2D eigenvalue weighted by Crippen LogP contribution is -2.68. The third-order valence-electron chi connectivity index (χ3n) is 8.08. The number of benzene rings is 1. The molecule has 1 aromatic rings. The molecule has 2 saturated heterocycles. The summed E-state index contributed by atoms with van der Waals surface area (Å²) in [6.45, 7) is 1.61. The number of nitrogens with one attached hydrogen (secondary N) is 1. The van der Waals surface area contributed by atoms with Crippen LogP contribution in [0.25, 0.3) is 0 Å². The molecule has 4 N–H and O–H groups in total. The Bertz CT molecular complexity index is 872. The van der Waals surface area contributed by atoms with E-state index >= 15 is 0 Å². The van der Waals surface area contributed by atoms with Crippen LogP contribution >= 0.6 is 0 Å². The lowest BCUT2D eigenvalue weighted by molar-refractivity contribution is -0.896. The third kappa shape index (κ3) is 2.05. The van der Waals surface area contributed by atoms with Crippen molar-refractivity contribution in [1.82, 2.24) is 0 Å². The van der Waals surface area contributed by atoms with E-state index in [1.165, 1.54) is 11.1 Å². The topological polar surface area (TPSA) is 113 Å². The van der Waals surface area contributed by atoms with E-state index in [4.69, 9.17) is 4.74 Å². The molecule has 7 heteroatoms. The number of carboxylic acids is 1. The van der Waals surface area contributed by atoms with Gasteiger partial charge in [0.15, 0.2) is 0 Å². The van der Waals surface area contributed by atoms with Gasteiger partial charge in [0, 0.05) is 30.5 Å². The number of hydrogen-bond acceptors (Lipinski definition) is 4. The largest absolute Gasteiger partial charge is 0.632 e. The van der Waals surface area contributed by atoms with Crippen molar-refractivity contribution in [2.75, 3.05) is 25.0 Å². The summed E-state index contributed by atoms with van der Waals surface area (Å²) >= 11 is 0. The van der Waals surface area contributed by atoms with E-state index in [-0.39, 0.29) is 52.0 Å². The minimum Gasteiger partial charge on any atom is -0.632 e. The van der Waals surface area contributed by atoms with Crippen molar-refractivity contribution in [2.24, 2.45) is 11.8 Å². The normalized spacial score (nSPS) is 44.3. The van der Waals surface area contributed by atoms with Crippen LogP contribution in [0.5, 0.6) is 0 Å². The van der Waals surface area contributed by atoms with Gasteiger partial charge in [-0.15, -0.1) is 0 Å². The first-order valence-electron chi connectivity index (χ1n) is 9.99. The number of rotatable bonds is 2. The van der Waals surface area contributed by atoms with E-state index in [1.807, 2.05) is 6.07 Å². The van der Waals surface area contributed by atoms with Crippen LogP contribution in [-0.2, 0) is 14.9 Å². The molecule has 2 bridgehead atoms. The first-order chi connectivity index (χ1) is 13.0. The standard InChI is InChI=1S/C21H24N2O4.H2O/c24-18(25)10-16-19-13-9-17-21(14-3-1-2-4-15(14)22-20(19)21)6-7-23(17,26)11-12(13)5-8-27-16;/h1-5,13,16-17,19-20,22H,6-11H2,(H,24,25);1H2. The van der Waals surface area contributed by atoms with E-state index < -0.39 is 5.97 Å². The van der Waals surface area contributed by atoms with Gasteiger partial charge in [0.1, 0.15) is 12.6 Å². The van der Waals surface area contributed by atoms with Crippen molar-refractivity contribution < 1.29 is 24.8 Å². The van der Waals surface area contributed by atoms with E-state index in [0.29, 0.717) is 19.7 Å². The second-order valence-electron chi connectivity index (χ2n) is 8.98. The molecule has 1 saturated carbocycles. The highest BCUT2D eigenvalue weighted by Crippen LogP contribution is 2.64. The van der Waals surface area contributed by atoms with Gasteiger partial charge in [-0.1, -0.05) is 24.3 Å². The fourth-order valence-corrected chi connectivity index (χ4v) is 7.20. The molecule has 1 spiro atoms. The molecule has 3 fully saturated rings. The number of fused-ring (bicyclic) bond motifs is 2. The van der Waals surface area contributed by atoms with Crippen LogP contribution in [0.2, 0.25) is 0 Å². The van der Waals surface area contributed by atoms with Gasteiger partial charge >= 0.3 is 5.97 Å². The second kappa shape index (κ2) is 5.79. The van der Waals surface area contributed by atoms with Crippen LogP contribution in [0.4, 0.5) is 5.69 Å². The molecular formula is C21H26N2O5. The van der Waals surface area contributed by atoms with Gasteiger partial charge in [-0.2, -0.15) is 0 Å². The molecule has 5 aliphatic rings. The molecule has 4 heterocycles. The Labute approximate surface area is 163 Å². The Morgan fingerprint density at radius 1 is 1.39 bits per heavy atom. The minimum absolute atomic E-state index is 0. The van der Waals surface area contributed by atoms with Crippen molar-refractivity contribution in [3.05, 3.63) is 46.7 Å². The highest BCUT2D eigenvalue weighted by atomic mass is 16.6. The quantitative estimate of drug-likeness (QED) is 0.453. The Morgan fingerprint density at radius 2 is 2.21 bits per heavy atom. The van der Waals surface area contributed by atoms with Crippen molar-refractivity contribution in [1.29, 1.82) is 0 Å². The molecule has 6 rings (SSSR count). The maximum Gasteiger partial charge on any atom is 0.305 e. The summed E-state index contributed by atoms with van der Waals surface area (Å²) < 4.78 is 5.95. The zero-order chi connectivity index (χ0) is 18.4. The van der Waals surface area contributed by atoms with Crippen molar-refractivity contribution in [2.45, 2.75) is 42.9 Å². The second-order valence-corrected chi connectivity index (χ2v) is 8.98. The predicted octanol–water partition coefficient (Wildman–Crippen LogP) is 1.43. The third-order valence-corrected chi connectivity index (χ3v) is 8.08. The Morgan fingerprint density at radius 3 is 3.04 bits per heavy atom. The van der Waals surface area contributed by atoms with E-state index in [9.17, 15) is 15.1 Å². The van der Waals surface area contributed by atoms with Crippen LogP contribution in [-0.4, -0.2) is 59.1 Å². The first-order valence-corrected chi connectivity index (χ1v) is 9.99. The predicted molar refractivity (Wildman–Crippen MR) is 103 cm³/mol. The number of carboxylic acid groups (broad SMARTS) is 1. The number of ether oxygens (including phenoxy) is 1. The lowest BCUT2D eigenvalue weighted by atomic mass is 9.54. The summed E-state index contributed by atoms with van der Waals surface area (Å²) in [5.74, 6) is -0.475. The molecule has 150 valence electrons. The van der Waals surface area contributed by atoms with Crippen LogP contribution < -0.4 is 5.32 Å². The lowest BCUT2D eigenvalue weighted by Gasteiger charge is -2.60. The number of quaternary nitrogens is 1. The number of carbonyl (C=O) groups is 1. The average molecular weight is 386 g/mol. The number of para-hydroxylation sites is 1. The Balaban J connectivity index is 0.00000171. The monoisotopic (exact) mass is 386 g/mol. The molecule has 1 aromatic carbocycles. The molecule has 7 nitrogen and oxygen atoms in total. The van der Waals surface area contributed by atoms with Crippen molar-refractivity contribution in [3.8, 4) is 0 Å². The van der Waals surface area contributed by atoms with Crippen molar-refractivity contribution >= 4 is 11.7 Å². The summed E-state index contributed by atoms with van der Waals surface area (Å²) in [5, 5.41) is 27.1. The molecule has 28 heavy (non-hydrogen) atoms. The molecule has 7 unspecified atom stereocenters. The van der Waals surface area contributed by atoms with Gasteiger partial charge in [-0.05, 0) is 23.1 Å². The molecule has 0 amide bonds. The highest BCUT2D eigenvalue weighted by molar-refractivity contribution is 5.68. The number of aliphatic carboxylic acids is 1. The van der Waals surface area contributed by atoms with Gasteiger partial charge < -0.3 is 30.5 Å². The smallest absolute Gasteiger partial charge is 0.305 e. The van der Waals surface area contributed by atoms with Crippen molar-refractivity contribution in [3.63, 3.8) is 0 Å². The molecule has 7 atom stereocenters.